The van der Waals surface area contributed by atoms with Crippen LogP contribution in [0.1, 0.15) is 83.1 Å². The molecule has 3 nitrogen and oxygen atoms in total. The summed E-state index contributed by atoms with van der Waals surface area (Å²) in [5.74, 6) is 0.966. The molecule has 3 aromatic rings. The van der Waals surface area contributed by atoms with Gasteiger partial charge in [0.1, 0.15) is 5.75 Å². The summed E-state index contributed by atoms with van der Waals surface area (Å²) in [6.07, 6.45) is 9.05. The van der Waals surface area contributed by atoms with Crippen molar-refractivity contribution in [2.75, 3.05) is 0 Å². The zero-order valence-electron chi connectivity index (χ0n) is 21.9. The molecule has 0 radical (unpaired) electrons. The van der Waals surface area contributed by atoms with Crippen molar-refractivity contribution in [2.45, 2.75) is 78.3 Å². The minimum Gasteiger partial charge on any atom is -0.507 e. The standard InChI is InChI=1S/C30H41N2OP/c1-8-14-23(4)29(5,6)25-19-22(3)20-26(28(25)33)30(7,9-2)34-27-16-11-10-15-24(27)21-31-32-17-12-13-18-32/h10-13,15-21,23,33-34H,8-9,14H2,1-7H3/b31-21+. The first kappa shape index (κ1) is 26.2. The van der Waals surface area contributed by atoms with E-state index in [9.17, 15) is 5.11 Å². The minimum atomic E-state index is -0.174. The molecule has 0 aliphatic carbocycles. The molecule has 0 saturated heterocycles. The fourth-order valence-corrected chi connectivity index (χ4v) is 6.22. The summed E-state index contributed by atoms with van der Waals surface area (Å²) in [5, 5.41) is 17.4. The van der Waals surface area contributed by atoms with Crippen molar-refractivity contribution in [1.82, 2.24) is 4.68 Å². The Morgan fingerprint density at radius 2 is 1.68 bits per heavy atom. The summed E-state index contributed by atoms with van der Waals surface area (Å²) < 4.78 is 1.82. The molecule has 0 bridgehead atoms. The fourth-order valence-electron chi connectivity index (χ4n) is 4.65. The number of phenolic OH excluding ortho intramolecular Hbond substituents is 1. The SMILES string of the molecule is CCCC(C)C(C)(C)c1cc(C)cc(C(C)(CC)Pc2ccccc2/C=N/n2cccc2)c1O. The van der Waals surface area contributed by atoms with Crippen molar-refractivity contribution >= 4 is 20.1 Å². The largest absolute Gasteiger partial charge is 0.507 e. The van der Waals surface area contributed by atoms with Crippen molar-refractivity contribution in [3.8, 4) is 5.75 Å². The number of nitrogens with zero attached hydrogens (tertiary/aromatic N) is 2. The Morgan fingerprint density at radius 1 is 1.03 bits per heavy atom. The maximum Gasteiger partial charge on any atom is 0.123 e. The fraction of sp³-hybridized carbons (Fsp3) is 0.433. The number of hydrogen-bond donors (Lipinski definition) is 1. The van der Waals surface area contributed by atoms with Crippen LogP contribution < -0.4 is 5.30 Å². The molecule has 1 N–H and O–H groups in total. The van der Waals surface area contributed by atoms with Crippen LogP contribution in [0.2, 0.25) is 0 Å². The molecule has 2 aromatic carbocycles. The molecule has 0 spiro atoms. The average Bonchev–Trinajstić information content (AvgIpc) is 3.33. The van der Waals surface area contributed by atoms with Gasteiger partial charge >= 0.3 is 0 Å². The topological polar surface area (TPSA) is 37.5 Å². The monoisotopic (exact) mass is 476 g/mol. The lowest BCUT2D eigenvalue weighted by Gasteiger charge is -2.37. The number of benzene rings is 2. The van der Waals surface area contributed by atoms with E-state index in [1.165, 1.54) is 10.9 Å². The summed E-state index contributed by atoms with van der Waals surface area (Å²) in [7, 11) is 0.507. The highest BCUT2D eigenvalue weighted by Crippen LogP contribution is 2.51. The van der Waals surface area contributed by atoms with Crippen LogP contribution in [0.4, 0.5) is 0 Å². The predicted octanol–water partition coefficient (Wildman–Crippen LogP) is 7.73. The smallest absolute Gasteiger partial charge is 0.123 e. The Balaban J connectivity index is 2.03. The van der Waals surface area contributed by atoms with Crippen molar-refractivity contribution < 1.29 is 5.11 Å². The Bertz CT molecular complexity index is 1120. The van der Waals surface area contributed by atoms with Crippen LogP contribution in [0.3, 0.4) is 0 Å². The highest BCUT2D eigenvalue weighted by Gasteiger charge is 2.35. The van der Waals surface area contributed by atoms with Crippen LogP contribution in [0.25, 0.3) is 0 Å². The number of rotatable bonds is 10. The van der Waals surface area contributed by atoms with Crippen LogP contribution >= 0.6 is 8.58 Å². The van der Waals surface area contributed by atoms with Crippen LogP contribution in [-0.4, -0.2) is 16.0 Å². The maximum absolute atomic E-state index is 11.7. The number of phenols is 1. The van der Waals surface area contributed by atoms with Gasteiger partial charge in [-0.15, -0.1) is 0 Å². The Morgan fingerprint density at radius 3 is 2.32 bits per heavy atom. The molecule has 3 atom stereocenters. The van der Waals surface area contributed by atoms with Gasteiger partial charge in [0, 0.05) is 34.2 Å². The van der Waals surface area contributed by atoms with Gasteiger partial charge in [-0.1, -0.05) is 105 Å². The summed E-state index contributed by atoms with van der Waals surface area (Å²) in [5.41, 5.74) is 4.39. The van der Waals surface area contributed by atoms with E-state index in [0.717, 1.165) is 36.0 Å². The zero-order chi connectivity index (χ0) is 24.9. The Kier molecular flexibility index (Phi) is 8.42. The van der Waals surface area contributed by atoms with Crippen LogP contribution in [0, 0.1) is 12.8 Å². The van der Waals surface area contributed by atoms with Crippen molar-refractivity contribution in [1.29, 1.82) is 0 Å². The molecule has 34 heavy (non-hydrogen) atoms. The van der Waals surface area contributed by atoms with E-state index < -0.39 is 0 Å². The average molecular weight is 477 g/mol. The quantitative estimate of drug-likeness (QED) is 0.236. The number of aryl methyl sites for hydroxylation is 1. The second-order valence-electron chi connectivity index (χ2n) is 10.3. The first-order chi connectivity index (χ1) is 16.1. The van der Waals surface area contributed by atoms with E-state index in [-0.39, 0.29) is 10.6 Å². The molecule has 0 aliphatic rings. The summed E-state index contributed by atoms with van der Waals surface area (Å²) in [4.78, 5) is 0. The van der Waals surface area contributed by atoms with E-state index in [2.05, 4.69) is 90.0 Å². The minimum absolute atomic E-state index is 0.0973. The third-order valence-corrected chi connectivity index (χ3v) is 9.39. The third kappa shape index (κ3) is 5.63. The number of aromatic nitrogens is 1. The molecular weight excluding hydrogens is 435 g/mol. The van der Waals surface area contributed by atoms with E-state index in [0.29, 0.717) is 20.2 Å². The van der Waals surface area contributed by atoms with Gasteiger partial charge in [-0.2, -0.15) is 5.10 Å². The zero-order valence-corrected chi connectivity index (χ0v) is 22.9. The highest BCUT2D eigenvalue weighted by atomic mass is 31.1. The Labute approximate surface area is 208 Å². The normalized spacial score (nSPS) is 15.3. The molecular formula is C30H41N2OP. The molecule has 0 fully saturated rings. The lowest BCUT2D eigenvalue weighted by Crippen LogP contribution is -2.28. The van der Waals surface area contributed by atoms with Gasteiger partial charge in [-0.25, -0.2) is 4.68 Å². The molecule has 0 saturated carbocycles. The van der Waals surface area contributed by atoms with Gasteiger partial charge in [0.15, 0.2) is 0 Å². The van der Waals surface area contributed by atoms with E-state index >= 15 is 0 Å². The first-order valence-corrected chi connectivity index (χ1v) is 13.5. The summed E-state index contributed by atoms with van der Waals surface area (Å²) in [6, 6.07) is 16.8. The number of aromatic hydroxyl groups is 1. The van der Waals surface area contributed by atoms with Gasteiger partial charge in [0.2, 0.25) is 0 Å². The van der Waals surface area contributed by atoms with Gasteiger partial charge < -0.3 is 5.11 Å². The summed E-state index contributed by atoms with van der Waals surface area (Å²) in [6.45, 7) is 15.8. The van der Waals surface area contributed by atoms with E-state index in [4.69, 9.17) is 0 Å². The molecule has 1 aromatic heterocycles. The van der Waals surface area contributed by atoms with Gasteiger partial charge in [-0.3, -0.25) is 0 Å². The molecule has 4 heteroatoms. The van der Waals surface area contributed by atoms with Crippen molar-refractivity contribution in [3.05, 3.63) is 83.2 Å². The lowest BCUT2D eigenvalue weighted by molar-refractivity contribution is 0.308. The first-order valence-electron chi connectivity index (χ1n) is 12.5. The molecule has 1 heterocycles. The lowest BCUT2D eigenvalue weighted by atomic mass is 9.71. The van der Waals surface area contributed by atoms with Crippen LogP contribution in [0.15, 0.2) is 66.0 Å². The van der Waals surface area contributed by atoms with Crippen LogP contribution in [0.5, 0.6) is 5.75 Å². The van der Waals surface area contributed by atoms with Crippen molar-refractivity contribution in [2.24, 2.45) is 11.0 Å². The summed E-state index contributed by atoms with van der Waals surface area (Å²) >= 11 is 0. The molecule has 182 valence electrons. The molecule has 3 rings (SSSR count). The molecule has 0 amide bonds. The van der Waals surface area contributed by atoms with Crippen LogP contribution in [-0.2, 0) is 10.6 Å². The highest BCUT2D eigenvalue weighted by molar-refractivity contribution is 7.48. The maximum atomic E-state index is 11.7. The van der Waals surface area contributed by atoms with Crippen molar-refractivity contribution in [3.63, 3.8) is 0 Å². The molecule has 3 unspecified atom stereocenters. The van der Waals surface area contributed by atoms with Gasteiger partial charge in [-0.05, 0) is 42.1 Å². The van der Waals surface area contributed by atoms with Gasteiger partial charge in [0.05, 0.1) is 6.21 Å². The van der Waals surface area contributed by atoms with E-state index in [1.54, 1.807) is 0 Å². The van der Waals surface area contributed by atoms with E-state index in [1.807, 2.05) is 35.4 Å². The second-order valence-corrected chi connectivity index (χ2v) is 12.2. The second kappa shape index (κ2) is 10.9. The number of hydrogen-bond acceptors (Lipinski definition) is 2. The Hall–Kier alpha value is -2.38. The molecule has 0 aliphatic heterocycles. The van der Waals surface area contributed by atoms with Gasteiger partial charge in [0.25, 0.3) is 0 Å². The predicted molar refractivity (Wildman–Crippen MR) is 149 cm³/mol. The third-order valence-electron chi connectivity index (χ3n) is 7.49.